The first kappa shape index (κ1) is 77.0. The fraction of sp³-hybridized carbons (Fsp3) is 0.870. The molecule has 83 heavy (non-hydrogen) atoms. The average Bonchev–Trinajstić information content (AvgIpc) is 3.58. The van der Waals surface area contributed by atoms with Gasteiger partial charge in [0, 0.05) is 6.42 Å². The highest BCUT2D eigenvalue weighted by molar-refractivity contribution is 5.76. The Bertz CT molecular complexity index is 1580. The fourth-order valence-electron chi connectivity index (χ4n) is 11.2. The number of allylic oxidation sites excluding steroid dienone is 7. The summed E-state index contributed by atoms with van der Waals surface area (Å²) in [5, 5.41) is 87.0. The summed E-state index contributed by atoms with van der Waals surface area (Å²) in [5.74, 6) is -0.251. The molecule has 12 atom stereocenters. The van der Waals surface area contributed by atoms with Crippen molar-refractivity contribution in [2.24, 2.45) is 0 Å². The van der Waals surface area contributed by atoms with Gasteiger partial charge in [0.15, 0.2) is 12.6 Å². The highest BCUT2D eigenvalue weighted by atomic mass is 16.7. The van der Waals surface area contributed by atoms with Crippen LogP contribution in [0.25, 0.3) is 0 Å². The number of amides is 1. The van der Waals surface area contributed by atoms with Crippen LogP contribution >= 0.6 is 0 Å². The van der Waals surface area contributed by atoms with E-state index in [1.807, 2.05) is 6.08 Å². The van der Waals surface area contributed by atoms with Crippen molar-refractivity contribution in [2.45, 2.75) is 364 Å². The lowest BCUT2D eigenvalue weighted by atomic mass is 9.97. The van der Waals surface area contributed by atoms with E-state index in [1.165, 1.54) is 212 Å². The number of nitrogens with one attached hydrogen (secondary N) is 1. The van der Waals surface area contributed by atoms with Gasteiger partial charge in [0.1, 0.15) is 48.8 Å². The average molecular weight is 1180 g/mol. The van der Waals surface area contributed by atoms with Gasteiger partial charge in [-0.1, -0.05) is 268 Å². The third-order valence-electron chi connectivity index (χ3n) is 16.7. The maximum absolute atomic E-state index is 13.3. The number of unbranched alkanes of at least 4 members (excludes halogenated alkanes) is 37. The minimum atomic E-state index is -1.79. The molecule has 14 nitrogen and oxygen atoms in total. The highest BCUT2D eigenvalue weighted by Gasteiger charge is 2.51. The number of carbonyl (C=O) groups excluding carboxylic acids is 1. The number of ether oxygens (including phenoxy) is 4. The summed E-state index contributed by atoms with van der Waals surface area (Å²) in [5.41, 5.74) is 0. The summed E-state index contributed by atoms with van der Waals surface area (Å²) in [7, 11) is 0. The zero-order valence-electron chi connectivity index (χ0n) is 52.7. The molecular formula is C69H127NO13. The SMILES string of the molecule is CCCC/C=C/CC/C=C/CC/C=C/C(O)C(COC1OC(CO)C(OC2OC(CO)C(O)C(O)C2O)C(O)C1O)NC(=O)CCCCCCCCCCCCCCCCCCCCCCCCCCC/C=C\CCCCCCCCCC. The number of hydrogen-bond donors (Lipinski definition) is 9. The largest absolute Gasteiger partial charge is 0.394 e. The van der Waals surface area contributed by atoms with Crippen LogP contribution in [0.5, 0.6) is 0 Å². The lowest BCUT2D eigenvalue weighted by Gasteiger charge is -2.46. The van der Waals surface area contributed by atoms with Gasteiger partial charge < -0.3 is 65.1 Å². The summed E-state index contributed by atoms with van der Waals surface area (Å²) >= 11 is 0. The van der Waals surface area contributed by atoms with Gasteiger partial charge >= 0.3 is 0 Å². The van der Waals surface area contributed by atoms with Crippen molar-refractivity contribution >= 4 is 5.91 Å². The Morgan fingerprint density at radius 1 is 0.422 bits per heavy atom. The van der Waals surface area contributed by atoms with Crippen molar-refractivity contribution in [3.05, 3.63) is 48.6 Å². The van der Waals surface area contributed by atoms with E-state index < -0.39 is 86.8 Å². The van der Waals surface area contributed by atoms with E-state index in [4.69, 9.17) is 18.9 Å². The van der Waals surface area contributed by atoms with Gasteiger partial charge in [-0.15, -0.1) is 0 Å². The first-order chi connectivity index (χ1) is 40.6. The molecule has 2 rings (SSSR count). The number of carbonyl (C=O) groups is 1. The quantitative estimate of drug-likeness (QED) is 0.0204. The molecule has 1 amide bonds. The number of aliphatic hydroxyl groups excluding tert-OH is 8. The normalized spacial score (nSPS) is 24.1. The Morgan fingerprint density at radius 3 is 1.22 bits per heavy atom. The minimum Gasteiger partial charge on any atom is -0.394 e. The number of rotatable bonds is 56. The smallest absolute Gasteiger partial charge is 0.220 e. The first-order valence-corrected chi connectivity index (χ1v) is 34.4. The van der Waals surface area contributed by atoms with E-state index in [9.17, 15) is 45.6 Å². The van der Waals surface area contributed by atoms with E-state index in [0.29, 0.717) is 12.8 Å². The lowest BCUT2D eigenvalue weighted by Crippen LogP contribution is -2.65. The van der Waals surface area contributed by atoms with Crippen LogP contribution in [0.2, 0.25) is 0 Å². The summed E-state index contributed by atoms with van der Waals surface area (Å²) in [6.45, 7) is 2.74. The van der Waals surface area contributed by atoms with Crippen LogP contribution in [-0.2, 0) is 23.7 Å². The molecule has 486 valence electrons. The Balaban J connectivity index is 1.56. The molecule has 0 radical (unpaired) electrons. The molecule has 2 heterocycles. The molecule has 0 aromatic heterocycles. The van der Waals surface area contributed by atoms with Crippen LogP contribution in [0, 0.1) is 0 Å². The Morgan fingerprint density at radius 2 is 0.783 bits per heavy atom. The molecule has 0 saturated carbocycles. The van der Waals surface area contributed by atoms with Crippen molar-refractivity contribution in [3.63, 3.8) is 0 Å². The molecule has 9 N–H and O–H groups in total. The standard InChI is InChI=1S/C69H127NO13/c1-3-5-7-9-11-13-15-17-18-19-20-21-22-23-24-25-26-27-28-29-30-31-32-33-34-35-36-37-38-39-40-41-43-45-47-49-51-53-61(74)70-57(58(73)52-50-48-46-44-42-16-14-12-10-8-6-4-2)56-80-68-66(79)64(77)67(60(55-72)82-68)83-69-65(78)63(76)62(75)59(54-71)81-69/h10,12,19-20,42,44,50,52,57-60,62-69,71-73,75-79H,3-9,11,13-18,21-41,43,45-49,51,53-56H2,1-2H3,(H,70,74)/b12-10+,20-19-,44-42+,52-50+. The predicted octanol–water partition coefficient (Wildman–Crippen LogP) is 13.5. The van der Waals surface area contributed by atoms with Gasteiger partial charge in [0.05, 0.1) is 32.0 Å². The molecular weight excluding hydrogens is 1050 g/mol. The van der Waals surface area contributed by atoms with Crippen molar-refractivity contribution in [2.75, 3.05) is 19.8 Å². The van der Waals surface area contributed by atoms with Crippen molar-refractivity contribution in [1.29, 1.82) is 0 Å². The predicted molar refractivity (Wildman–Crippen MR) is 337 cm³/mol. The lowest BCUT2D eigenvalue weighted by molar-refractivity contribution is -0.359. The maximum atomic E-state index is 13.3. The number of aliphatic hydroxyl groups is 8. The monoisotopic (exact) mass is 1180 g/mol. The molecule has 2 fully saturated rings. The van der Waals surface area contributed by atoms with Gasteiger partial charge in [-0.2, -0.15) is 0 Å². The van der Waals surface area contributed by atoms with Crippen LogP contribution in [0.3, 0.4) is 0 Å². The second-order valence-electron chi connectivity index (χ2n) is 24.3. The molecule has 0 aromatic carbocycles. The second-order valence-corrected chi connectivity index (χ2v) is 24.3. The zero-order valence-corrected chi connectivity index (χ0v) is 52.7. The van der Waals surface area contributed by atoms with Crippen molar-refractivity contribution in [3.8, 4) is 0 Å². The van der Waals surface area contributed by atoms with E-state index in [0.717, 1.165) is 44.9 Å². The third-order valence-corrected chi connectivity index (χ3v) is 16.7. The molecule has 2 aliphatic heterocycles. The molecule has 2 saturated heterocycles. The van der Waals surface area contributed by atoms with E-state index in [2.05, 4.69) is 55.6 Å². The van der Waals surface area contributed by atoms with Gasteiger partial charge in [0.2, 0.25) is 5.91 Å². The van der Waals surface area contributed by atoms with Crippen LogP contribution < -0.4 is 5.32 Å². The third kappa shape index (κ3) is 38.8. The van der Waals surface area contributed by atoms with E-state index in [1.54, 1.807) is 6.08 Å². The van der Waals surface area contributed by atoms with E-state index in [-0.39, 0.29) is 18.9 Å². The topological polar surface area (TPSA) is 228 Å². The zero-order chi connectivity index (χ0) is 60.2. The second kappa shape index (κ2) is 54.1. The number of hydrogen-bond acceptors (Lipinski definition) is 13. The Labute approximate surface area is 505 Å². The van der Waals surface area contributed by atoms with Crippen molar-refractivity contribution < 1.29 is 64.6 Å². The summed E-state index contributed by atoms with van der Waals surface area (Å²) in [6, 6.07) is -0.936. The molecule has 14 heteroatoms. The fourth-order valence-corrected chi connectivity index (χ4v) is 11.2. The van der Waals surface area contributed by atoms with Crippen LogP contribution in [0.4, 0.5) is 0 Å². The van der Waals surface area contributed by atoms with Crippen molar-refractivity contribution in [1.82, 2.24) is 5.32 Å². The maximum Gasteiger partial charge on any atom is 0.220 e. The first-order valence-electron chi connectivity index (χ1n) is 34.4. The molecule has 0 aromatic rings. The highest BCUT2D eigenvalue weighted by Crippen LogP contribution is 2.30. The Kier molecular flexibility index (Phi) is 50.2. The van der Waals surface area contributed by atoms with Gasteiger partial charge in [-0.3, -0.25) is 4.79 Å². The summed E-state index contributed by atoms with van der Waals surface area (Å²) in [6.07, 6.45) is 53.6. The minimum absolute atomic E-state index is 0.251. The van der Waals surface area contributed by atoms with Crippen LogP contribution in [-0.4, -0.2) is 140 Å². The van der Waals surface area contributed by atoms with Gasteiger partial charge in [-0.25, -0.2) is 0 Å². The van der Waals surface area contributed by atoms with E-state index >= 15 is 0 Å². The molecule has 2 aliphatic rings. The summed E-state index contributed by atoms with van der Waals surface area (Å²) < 4.78 is 22.7. The molecule has 0 bridgehead atoms. The molecule has 0 aliphatic carbocycles. The molecule has 0 spiro atoms. The van der Waals surface area contributed by atoms with Gasteiger partial charge in [0.25, 0.3) is 0 Å². The summed E-state index contributed by atoms with van der Waals surface area (Å²) in [4.78, 5) is 13.3. The van der Waals surface area contributed by atoms with Crippen LogP contribution in [0.15, 0.2) is 48.6 Å². The Hall–Kier alpha value is -2.05. The van der Waals surface area contributed by atoms with Crippen LogP contribution in [0.1, 0.15) is 290 Å². The molecule has 12 unspecified atom stereocenters. The van der Waals surface area contributed by atoms with Gasteiger partial charge in [-0.05, 0) is 64.2 Å².